The molecule has 8 nitrogen and oxygen atoms in total. The minimum Gasteiger partial charge on any atom is -0.479 e. The molecule has 2 aromatic carbocycles. The molecule has 4 amide bonds. The molecule has 0 saturated carbocycles. The predicted molar refractivity (Wildman–Crippen MR) is 114 cm³/mol. The van der Waals surface area contributed by atoms with Gasteiger partial charge in [-0.2, -0.15) is 0 Å². The summed E-state index contributed by atoms with van der Waals surface area (Å²) < 4.78 is 5.63. The maximum absolute atomic E-state index is 12.5. The van der Waals surface area contributed by atoms with Gasteiger partial charge in [0.15, 0.2) is 6.10 Å². The summed E-state index contributed by atoms with van der Waals surface area (Å²) in [5.41, 5.74) is 1.72. The molecule has 0 aliphatic carbocycles. The minimum absolute atomic E-state index is 0.0230. The Balaban J connectivity index is 1.43. The maximum Gasteiger partial charge on any atom is 0.268 e. The number of carbonyl (C=O) groups excluding carboxylic acids is 4. The fourth-order valence-corrected chi connectivity index (χ4v) is 3.68. The Morgan fingerprint density at radius 1 is 1.10 bits per heavy atom. The van der Waals surface area contributed by atoms with E-state index in [-0.39, 0.29) is 24.8 Å². The minimum atomic E-state index is -0.604. The van der Waals surface area contributed by atoms with Gasteiger partial charge < -0.3 is 15.0 Å². The number of fused-ring (bicyclic) bond motifs is 2. The molecule has 0 radical (unpaired) electrons. The first-order valence-corrected chi connectivity index (χ1v) is 9.88. The monoisotopic (exact) mass is 419 g/mol. The van der Waals surface area contributed by atoms with Crippen molar-refractivity contribution >= 4 is 35.0 Å². The fraction of sp³-hybridized carbons (Fsp3) is 0.217. The van der Waals surface area contributed by atoms with E-state index in [1.54, 1.807) is 60.4 Å². The first-order chi connectivity index (χ1) is 14.9. The molecule has 1 atom stereocenters. The average Bonchev–Trinajstić information content (AvgIpc) is 3.00. The van der Waals surface area contributed by atoms with Crippen LogP contribution in [0, 0.1) is 0 Å². The van der Waals surface area contributed by atoms with Crippen LogP contribution in [0.2, 0.25) is 0 Å². The normalized spacial score (nSPS) is 17.2. The molecule has 1 N–H and O–H groups in total. The number of benzene rings is 2. The van der Waals surface area contributed by atoms with E-state index in [1.807, 2.05) is 0 Å². The maximum atomic E-state index is 12.5. The number of carbonyl (C=O) groups is 4. The predicted octanol–water partition coefficient (Wildman–Crippen LogP) is 2.61. The van der Waals surface area contributed by atoms with Crippen molar-refractivity contribution in [2.45, 2.75) is 19.4 Å². The van der Waals surface area contributed by atoms with Gasteiger partial charge in [0.25, 0.3) is 17.7 Å². The number of nitrogens with one attached hydrogen (secondary N) is 1. The van der Waals surface area contributed by atoms with Crippen molar-refractivity contribution in [3.8, 4) is 5.75 Å². The zero-order chi connectivity index (χ0) is 22.1. The van der Waals surface area contributed by atoms with Crippen LogP contribution in [0.5, 0.6) is 5.75 Å². The summed E-state index contributed by atoms with van der Waals surface area (Å²) in [5.74, 6) is -0.804. The molecule has 0 aromatic heterocycles. The first-order valence-electron chi connectivity index (χ1n) is 9.88. The van der Waals surface area contributed by atoms with E-state index in [1.165, 1.54) is 0 Å². The van der Waals surface area contributed by atoms with Crippen molar-refractivity contribution in [2.75, 3.05) is 23.3 Å². The number of amides is 4. The van der Waals surface area contributed by atoms with Gasteiger partial charge in [0.1, 0.15) is 5.75 Å². The fourth-order valence-electron chi connectivity index (χ4n) is 3.68. The van der Waals surface area contributed by atoms with Crippen LogP contribution < -0.4 is 15.0 Å². The van der Waals surface area contributed by atoms with Gasteiger partial charge in [-0.05, 0) is 37.3 Å². The lowest BCUT2D eigenvalue weighted by Gasteiger charge is -2.32. The van der Waals surface area contributed by atoms with Crippen LogP contribution in [0.15, 0.2) is 55.1 Å². The molecular weight excluding hydrogens is 398 g/mol. The number of hydrogen-bond acceptors (Lipinski definition) is 5. The summed E-state index contributed by atoms with van der Waals surface area (Å²) in [4.78, 5) is 52.3. The van der Waals surface area contributed by atoms with E-state index in [9.17, 15) is 19.2 Å². The molecule has 1 unspecified atom stereocenters. The van der Waals surface area contributed by atoms with Crippen molar-refractivity contribution in [3.05, 3.63) is 66.2 Å². The Labute approximate surface area is 179 Å². The highest BCUT2D eigenvalue weighted by Crippen LogP contribution is 2.36. The van der Waals surface area contributed by atoms with Crippen LogP contribution in [0.3, 0.4) is 0 Å². The highest BCUT2D eigenvalue weighted by Gasteiger charge is 2.35. The van der Waals surface area contributed by atoms with Crippen molar-refractivity contribution < 1.29 is 23.9 Å². The van der Waals surface area contributed by atoms with Gasteiger partial charge in [0.05, 0.1) is 16.8 Å². The molecule has 8 heteroatoms. The van der Waals surface area contributed by atoms with E-state index >= 15 is 0 Å². The van der Waals surface area contributed by atoms with E-state index in [0.29, 0.717) is 34.8 Å². The Hall–Kier alpha value is -3.94. The second kappa shape index (κ2) is 8.06. The summed E-state index contributed by atoms with van der Waals surface area (Å²) in [6, 6.07) is 11.6. The second-order valence-corrected chi connectivity index (χ2v) is 7.29. The summed E-state index contributed by atoms with van der Waals surface area (Å²) in [6.45, 7) is 5.65. The first kappa shape index (κ1) is 20.3. The lowest BCUT2D eigenvalue weighted by atomic mass is 10.1. The van der Waals surface area contributed by atoms with E-state index in [4.69, 9.17) is 4.74 Å². The highest BCUT2D eigenvalue weighted by molar-refractivity contribution is 6.21. The molecule has 2 aromatic rings. The van der Waals surface area contributed by atoms with Crippen LogP contribution in [0.4, 0.5) is 11.4 Å². The topological polar surface area (TPSA) is 96.0 Å². The summed E-state index contributed by atoms with van der Waals surface area (Å²) in [5, 5.41) is 2.75. The largest absolute Gasteiger partial charge is 0.479 e. The van der Waals surface area contributed by atoms with Gasteiger partial charge in [-0.3, -0.25) is 24.1 Å². The zero-order valence-corrected chi connectivity index (χ0v) is 17.0. The van der Waals surface area contributed by atoms with Crippen molar-refractivity contribution in [2.24, 2.45) is 0 Å². The number of hydrogen-bond donors (Lipinski definition) is 1. The van der Waals surface area contributed by atoms with E-state index in [0.717, 1.165) is 4.90 Å². The van der Waals surface area contributed by atoms with Crippen LogP contribution in [0.25, 0.3) is 0 Å². The summed E-state index contributed by atoms with van der Waals surface area (Å²) in [6.07, 6.45) is 0.964. The molecule has 2 aliphatic rings. The van der Waals surface area contributed by atoms with Crippen LogP contribution in [-0.2, 0) is 9.59 Å². The van der Waals surface area contributed by atoms with Gasteiger partial charge in [0.2, 0.25) is 5.91 Å². The molecule has 2 aliphatic heterocycles. The van der Waals surface area contributed by atoms with Gasteiger partial charge in [0, 0.05) is 25.2 Å². The molecule has 0 fully saturated rings. The Kier molecular flexibility index (Phi) is 5.29. The zero-order valence-electron chi connectivity index (χ0n) is 17.0. The molecule has 0 spiro atoms. The number of rotatable bonds is 6. The molecule has 4 rings (SSSR count). The number of nitrogens with zero attached hydrogens (tertiary/aromatic N) is 2. The van der Waals surface area contributed by atoms with Gasteiger partial charge in [-0.15, -0.1) is 6.58 Å². The lowest BCUT2D eigenvalue weighted by Crippen LogP contribution is -2.44. The van der Waals surface area contributed by atoms with E-state index < -0.39 is 17.9 Å². The third-order valence-corrected chi connectivity index (χ3v) is 5.20. The smallest absolute Gasteiger partial charge is 0.268 e. The van der Waals surface area contributed by atoms with Crippen molar-refractivity contribution in [3.63, 3.8) is 0 Å². The SMILES string of the molecule is C=CCN1C(=O)C(C)Oc2ccc(NC(=O)CCN3C(=O)c4ccccc4C3=O)cc21. The quantitative estimate of drug-likeness (QED) is 0.574. The van der Waals surface area contributed by atoms with Crippen LogP contribution >= 0.6 is 0 Å². The molecular formula is C23H21N3O5. The van der Waals surface area contributed by atoms with Gasteiger partial charge in [-0.1, -0.05) is 18.2 Å². The third kappa shape index (κ3) is 3.68. The van der Waals surface area contributed by atoms with Crippen LogP contribution in [-0.4, -0.2) is 47.7 Å². The van der Waals surface area contributed by atoms with Gasteiger partial charge >= 0.3 is 0 Å². The lowest BCUT2D eigenvalue weighted by molar-refractivity contribution is -0.125. The van der Waals surface area contributed by atoms with Crippen molar-refractivity contribution in [1.29, 1.82) is 0 Å². The van der Waals surface area contributed by atoms with Crippen LogP contribution in [0.1, 0.15) is 34.1 Å². The number of ether oxygens (including phenoxy) is 1. The number of imide groups is 1. The molecule has 158 valence electrons. The molecule has 0 bridgehead atoms. The van der Waals surface area contributed by atoms with E-state index in [2.05, 4.69) is 11.9 Å². The van der Waals surface area contributed by atoms with Crippen molar-refractivity contribution in [1.82, 2.24) is 4.90 Å². The Morgan fingerprint density at radius 3 is 2.42 bits per heavy atom. The molecule has 31 heavy (non-hydrogen) atoms. The highest BCUT2D eigenvalue weighted by atomic mass is 16.5. The average molecular weight is 419 g/mol. The Morgan fingerprint density at radius 2 is 1.77 bits per heavy atom. The second-order valence-electron chi connectivity index (χ2n) is 7.29. The standard InChI is InChI=1S/C23H21N3O5/c1-3-11-25-18-13-15(8-9-19(18)31-14(2)21(25)28)24-20(27)10-12-26-22(29)16-6-4-5-7-17(16)23(26)30/h3-9,13-14H,1,10-12H2,2H3,(H,24,27). The van der Waals surface area contributed by atoms with Gasteiger partial charge in [-0.25, -0.2) is 0 Å². The third-order valence-electron chi connectivity index (χ3n) is 5.20. The molecule has 2 heterocycles. The Bertz CT molecular complexity index is 1080. The summed E-state index contributed by atoms with van der Waals surface area (Å²) >= 11 is 0. The molecule has 0 saturated heterocycles. The number of anilines is 2. The summed E-state index contributed by atoms with van der Waals surface area (Å²) in [7, 11) is 0.